The lowest BCUT2D eigenvalue weighted by Gasteiger charge is -2.29. The van der Waals surface area contributed by atoms with Crippen molar-refractivity contribution in [1.82, 2.24) is 15.2 Å². The van der Waals surface area contributed by atoms with E-state index in [0.717, 1.165) is 18.2 Å². The Balaban J connectivity index is 1.56. The molecular weight excluding hydrogens is 510 g/mol. The van der Waals surface area contributed by atoms with Crippen LogP contribution in [0.15, 0.2) is 78.0 Å². The number of nitrogens with zero attached hydrogens (tertiary/aromatic N) is 3. The van der Waals surface area contributed by atoms with E-state index in [1.807, 2.05) is 0 Å². The number of pyridine rings is 1. The van der Waals surface area contributed by atoms with Crippen molar-refractivity contribution >= 4 is 9.84 Å². The molecule has 11 heteroatoms. The Morgan fingerprint density at radius 1 is 1.00 bits per heavy atom. The molecule has 37 heavy (non-hydrogen) atoms. The second kappa shape index (κ2) is 9.55. The third kappa shape index (κ3) is 5.17. The molecule has 0 amide bonds. The molecule has 3 heterocycles. The van der Waals surface area contributed by atoms with Crippen molar-refractivity contribution in [3.63, 3.8) is 0 Å². The summed E-state index contributed by atoms with van der Waals surface area (Å²) in [5.74, 6) is -1.14. The molecule has 0 bridgehead atoms. The molecular formula is C26H19F4N3O3S. The Morgan fingerprint density at radius 2 is 1.81 bits per heavy atom. The average molecular weight is 530 g/mol. The lowest BCUT2D eigenvalue weighted by molar-refractivity contribution is -0.137. The zero-order valence-electron chi connectivity index (χ0n) is 19.1. The molecule has 0 N–H and O–H groups in total. The number of aromatic nitrogens is 3. The Labute approximate surface area is 209 Å². The summed E-state index contributed by atoms with van der Waals surface area (Å²) in [7, 11) is -3.76. The van der Waals surface area contributed by atoms with Gasteiger partial charge >= 0.3 is 6.18 Å². The molecule has 2 aromatic heterocycles. The number of hydrogen-bond acceptors (Lipinski definition) is 6. The second-order valence-corrected chi connectivity index (χ2v) is 10.5. The molecule has 0 saturated carbocycles. The number of alkyl halides is 3. The zero-order valence-corrected chi connectivity index (χ0v) is 19.9. The summed E-state index contributed by atoms with van der Waals surface area (Å²) in [6, 6.07) is 13.6. The first-order chi connectivity index (χ1) is 17.6. The molecule has 0 saturated heterocycles. The van der Waals surface area contributed by atoms with E-state index in [0.29, 0.717) is 34.6 Å². The van der Waals surface area contributed by atoms with Crippen LogP contribution in [0.5, 0.6) is 5.75 Å². The number of sulfone groups is 1. The quantitative estimate of drug-likeness (QED) is 0.248. The fraction of sp³-hybridized carbons (Fsp3) is 0.192. The topological polar surface area (TPSA) is 82.0 Å². The maximum atomic E-state index is 13.5. The van der Waals surface area contributed by atoms with Gasteiger partial charge in [0.25, 0.3) is 0 Å². The summed E-state index contributed by atoms with van der Waals surface area (Å²) in [6.45, 7) is 0.230. The highest BCUT2D eigenvalue weighted by Gasteiger charge is 2.33. The number of benzene rings is 2. The third-order valence-corrected chi connectivity index (χ3v) is 7.79. The van der Waals surface area contributed by atoms with E-state index < -0.39 is 27.5 Å². The van der Waals surface area contributed by atoms with Gasteiger partial charge in [-0.25, -0.2) is 13.4 Å². The summed E-state index contributed by atoms with van der Waals surface area (Å²) in [5, 5.41) is 7.53. The highest BCUT2D eigenvalue weighted by Crippen LogP contribution is 2.44. The molecule has 5 rings (SSSR count). The lowest BCUT2D eigenvalue weighted by atomic mass is 9.82. The summed E-state index contributed by atoms with van der Waals surface area (Å²) in [4.78, 5) is 3.64. The molecule has 0 aliphatic carbocycles. The predicted octanol–water partition coefficient (Wildman–Crippen LogP) is 5.58. The minimum atomic E-state index is -4.57. The van der Waals surface area contributed by atoms with Crippen LogP contribution in [0.25, 0.3) is 11.1 Å². The first-order valence-corrected chi connectivity index (χ1v) is 12.9. The number of ether oxygens (including phenoxy) is 1. The van der Waals surface area contributed by atoms with Crippen LogP contribution >= 0.6 is 0 Å². The van der Waals surface area contributed by atoms with Crippen molar-refractivity contribution in [2.24, 2.45) is 0 Å². The number of rotatable bonds is 5. The summed E-state index contributed by atoms with van der Waals surface area (Å²) < 4.78 is 85.7. The van der Waals surface area contributed by atoms with Crippen molar-refractivity contribution in [3.05, 3.63) is 101 Å². The van der Waals surface area contributed by atoms with Crippen LogP contribution in [0.1, 0.15) is 34.7 Å². The number of hydrogen-bond donors (Lipinski definition) is 0. The number of halogens is 4. The largest absolute Gasteiger partial charge is 0.493 e. The van der Waals surface area contributed by atoms with Crippen molar-refractivity contribution < 1.29 is 30.7 Å². The lowest BCUT2D eigenvalue weighted by Crippen LogP contribution is -2.17. The van der Waals surface area contributed by atoms with Gasteiger partial charge < -0.3 is 4.74 Å². The molecule has 1 aliphatic rings. The molecule has 0 spiro atoms. The van der Waals surface area contributed by atoms with Gasteiger partial charge in [-0.2, -0.15) is 27.8 Å². The van der Waals surface area contributed by atoms with Crippen molar-refractivity contribution in [1.29, 1.82) is 0 Å². The Hall–Kier alpha value is -3.86. The smallest absolute Gasteiger partial charge is 0.416 e. The van der Waals surface area contributed by atoms with Crippen LogP contribution in [0.2, 0.25) is 0 Å². The van der Waals surface area contributed by atoms with Gasteiger partial charge in [0.05, 0.1) is 28.5 Å². The predicted molar refractivity (Wildman–Crippen MR) is 126 cm³/mol. The molecule has 0 radical (unpaired) electrons. The van der Waals surface area contributed by atoms with Gasteiger partial charge in [-0.1, -0.05) is 12.1 Å². The second-order valence-electron chi connectivity index (χ2n) is 8.53. The van der Waals surface area contributed by atoms with Crippen molar-refractivity contribution in [2.75, 3.05) is 6.61 Å². The van der Waals surface area contributed by atoms with Crippen LogP contribution in [0, 0.1) is 5.95 Å². The average Bonchev–Trinajstić information content (AvgIpc) is 2.88. The Kier molecular flexibility index (Phi) is 6.40. The van der Waals surface area contributed by atoms with Gasteiger partial charge in [0.2, 0.25) is 5.95 Å². The number of fused-ring (bicyclic) bond motifs is 1. The fourth-order valence-corrected chi connectivity index (χ4v) is 5.67. The molecule has 2 aromatic carbocycles. The Morgan fingerprint density at radius 3 is 2.51 bits per heavy atom. The van der Waals surface area contributed by atoms with Crippen LogP contribution in [0.4, 0.5) is 17.6 Å². The normalized spacial score (nSPS) is 15.6. The highest BCUT2D eigenvalue weighted by molar-refractivity contribution is 7.90. The van der Waals surface area contributed by atoms with Gasteiger partial charge in [0, 0.05) is 29.4 Å². The van der Waals surface area contributed by atoms with E-state index in [9.17, 15) is 26.0 Å². The van der Waals surface area contributed by atoms with E-state index in [4.69, 9.17) is 4.74 Å². The molecule has 0 fully saturated rings. The van der Waals surface area contributed by atoms with Crippen molar-refractivity contribution in [3.8, 4) is 16.9 Å². The fourth-order valence-electron chi connectivity index (χ4n) is 4.40. The zero-order chi connectivity index (χ0) is 26.2. The molecule has 0 unspecified atom stereocenters. The van der Waals surface area contributed by atoms with E-state index in [1.165, 1.54) is 36.7 Å². The first-order valence-electron chi connectivity index (χ1n) is 11.2. The SMILES string of the molecule is O=S(=O)(Cc1cccnn1)c1ccc2c(c1)OCC[C@@H]2c1ccc(C(F)(F)F)cc1-c1ccc(F)nc1. The molecule has 1 aliphatic heterocycles. The minimum absolute atomic E-state index is 0.0351. The standard InChI is InChI=1S/C26H19F4N3O3S/c27-25-8-3-16(14-31-25)23-12-17(26(28,29)30)4-6-20(23)21-9-11-36-24-13-19(5-7-22(21)24)37(34,35)15-18-2-1-10-32-33-18/h1-8,10,12-14,21H,9,11,15H2/t21-/m1/s1. The van der Waals surface area contributed by atoms with Gasteiger partial charge in [-0.3, -0.25) is 0 Å². The van der Waals surface area contributed by atoms with Gasteiger partial charge in [-0.05, 0) is 66.1 Å². The minimum Gasteiger partial charge on any atom is -0.493 e. The summed E-state index contributed by atoms with van der Waals surface area (Å²) in [5.41, 5.74) is 1.26. The molecule has 6 nitrogen and oxygen atoms in total. The van der Waals surface area contributed by atoms with E-state index in [-0.39, 0.29) is 28.7 Å². The maximum absolute atomic E-state index is 13.5. The summed E-state index contributed by atoms with van der Waals surface area (Å²) in [6.07, 6.45) is -1.48. The monoisotopic (exact) mass is 529 g/mol. The maximum Gasteiger partial charge on any atom is 0.416 e. The first kappa shape index (κ1) is 24.8. The van der Waals surface area contributed by atoms with Crippen molar-refractivity contribution in [2.45, 2.75) is 29.2 Å². The van der Waals surface area contributed by atoms with E-state index in [2.05, 4.69) is 15.2 Å². The van der Waals surface area contributed by atoms with Crippen LogP contribution in [-0.2, 0) is 21.8 Å². The van der Waals surface area contributed by atoms with E-state index in [1.54, 1.807) is 18.2 Å². The van der Waals surface area contributed by atoms with Gasteiger partial charge in [0.15, 0.2) is 9.84 Å². The Bertz CT molecular complexity index is 1540. The van der Waals surface area contributed by atoms with Crippen LogP contribution in [0.3, 0.4) is 0 Å². The van der Waals surface area contributed by atoms with Crippen LogP contribution in [-0.4, -0.2) is 30.2 Å². The third-order valence-electron chi connectivity index (χ3n) is 6.14. The summed E-state index contributed by atoms with van der Waals surface area (Å²) >= 11 is 0. The molecule has 4 aromatic rings. The van der Waals surface area contributed by atoms with E-state index >= 15 is 0 Å². The van der Waals surface area contributed by atoms with Gasteiger partial charge in [-0.15, -0.1) is 0 Å². The van der Waals surface area contributed by atoms with Crippen LogP contribution < -0.4 is 4.74 Å². The highest BCUT2D eigenvalue weighted by atomic mass is 32.2. The van der Waals surface area contributed by atoms with Gasteiger partial charge in [0.1, 0.15) is 5.75 Å². The molecule has 190 valence electrons. The molecule has 1 atom stereocenters.